The topological polar surface area (TPSA) is 58.5 Å². The summed E-state index contributed by atoms with van der Waals surface area (Å²) in [6.45, 7) is 0. The van der Waals surface area contributed by atoms with Crippen LogP contribution in [0.1, 0.15) is 5.56 Å². The first-order chi connectivity index (χ1) is 12.1. The van der Waals surface area contributed by atoms with E-state index in [9.17, 15) is 26.0 Å². The van der Waals surface area contributed by atoms with Crippen molar-refractivity contribution in [1.29, 1.82) is 0 Å². The molecule has 0 aliphatic rings. The number of benzene rings is 2. The minimum absolute atomic E-state index is 0.0410. The van der Waals surface area contributed by atoms with Crippen LogP contribution in [0, 0.1) is 5.82 Å². The zero-order chi connectivity index (χ0) is 19.4. The van der Waals surface area contributed by atoms with Gasteiger partial charge in [-0.1, -0.05) is 18.2 Å². The van der Waals surface area contributed by atoms with E-state index in [0.29, 0.717) is 5.56 Å². The van der Waals surface area contributed by atoms with Gasteiger partial charge in [-0.15, -0.1) is 0 Å². The van der Waals surface area contributed by atoms with Gasteiger partial charge >= 0.3 is 6.18 Å². The lowest BCUT2D eigenvalue weighted by atomic mass is 10.2. The van der Waals surface area contributed by atoms with Crippen LogP contribution in [0.25, 0.3) is 6.08 Å². The number of nitrogens with one attached hydrogen (secondary N) is 1. The van der Waals surface area contributed by atoms with Crippen molar-refractivity contribution in [3.8, 4) is 0 Å². The van der Waals surface area contributed by atoms with E-state index in [1.54, 1.807) is 0 Å². The van der Waals surface area contributed by atoms with Gasteiger partial charge in [0.05, 0.1) is 10.6 Å². The van der Waals surface area contributed by atoms with Gasteiger partial charge in [-0.25, -0.2) is 12.8 Å². The lowest BCUT2D eigenvalue weighted by molar-refractivity contribution is -0.0577. The predicted molar refractivity (Wildman–Crippen MR) is 92.1 cm³/mol. The smallest absolute Gasteiger partial charge is 0.278 e. The van der Waals surface area contributed by atoms with E-state index in [1.807, 2.05) is 0 Å². The zero-order valence-electron chi connectivity index (χ0n) is 13.5. The van der Waals surface area contributed by atoms with Gasteiger partial charge in [0.2, 0.25) is 0 Å². The van der Waals surface area contributed by atoms with Crippen LogP contribution in [0.4, 0.5) is 23.2 Å². The molecule has 26 heavy (non-hydrogen) atoms. The van der Waals surface area contributed by atoms with Crippen molar-refractivity contribution in [2.45, 2.75) is 11.1 Å². The molecule has 1 N–H and O–H groups in total. The highest BCUT2D eigenvalue weighted by Gasteiger charge is 2.34. The quantitative estimate of drug-likeness (QED) is 0.474. The van der Waals surface area contributed by atoms with E-state index in [0.717, 1.165) is 30.5 Å². The van der Waals surface area contributed by atoms with Crippen LogP contribution in [0.3, 0.4) is 0 Å². The Labute approximate surface area is 147 Å². The number of halogens is 4. The number of hydrogen-bond acceptors (Lipinski definition) is 4. The van der Waals surface area contributed by atoms with Crippen LogP contribution in [0.5, 0.6) is 0 Å². The normalized spacial score (nSPS) is 13.2. The van der Waals surface area contributed by atoms with Gasteiger partial charge in [0.1, 0.15) is 5.82 Å². The van der Waals surface area contributed by atoms with E-state index in [2.05, 4.69) is 10.5 Å². The van der Waals surface area contributed by atoms with Gasteiger partial charge in [-0.2, -0.15) is 18.3 Å². The molecule has 2 aromatic carbocycles. The number of rotatable bonds is 5. The van der Waals surface area contributed by atoms with E-state index >= 15 is 0 Å². The fourth-order valence-electron chi connectivity index (χ4n) is 1.85. The second-order valence-electron chi connectivity index (χ2n) is 5.29. The highest BCUT2D eigenvalue weighted by Crippen LogP contribution is 2.20. The SMILES string of the molecule is CS(=O)(=O)c1ccc(N/N=C(\C=C\c2ccc(F)cc2)C(F)(F)F)cc1. The van der Waals surface area contributed by atoms with Crippen molar-refractivity contribution < 1.29 is 26.0 Å². The Balaban J connectivity index is 2.20. The monoisotopic (exact) mass is 386 g/mol. The summed E-state index contributed by atoms with van der Waals surface area (Å²) in [7, 11) is -3.40. The van der Waals surface area contributed by atoms with Crippen LogP contribution >= 0.6 is 0 Å². The summed E-state index contributed by atoms with van der Waals surface area (Å²) in [6, 6.07) is 10.0. The summed E-state index contributed by atoms with van der Waals surface area (Å²) in [5.41, 5.74) is 1.60. The molecule has 0 spiro atoms. The Morgan fingerprint density at radius 2 is 1.62 bits per heavy atom. The first-order valence-electron chi connectivity index (χ1n) is 7.20. The lowest BCUT2D eigenvalue weighted by Crippen LogP contribution is -2.22. The molecule has 0 unspecified atom stereocenters. The molecule has 0 bridgehead atoms. The van der Waals surface area contributed by atoms with Crippen LogP contribution in [-0.4, -0.2) is 26.6 Å². The molecule has 2 rings (SSSR count). The third-order valence-corrected chi connectivity index (χ3v) is 4.31. The van der Waals surface area contributed by atoms with Crippen molar-refractivity contribution in [2.75, 3.05) is 11.7 Å². The second kappa shape index (κ2) is 7.69. The number of nitrogens with zero attached hydrogens (tertiary/aromatic N) is 1. The molecule has 0 atom stereocenters. The molecule has 0 fully saturated rings. The number of alkyl halides is 3. The van der Waals surface area contributed by atoms with Crippen LogP contribution in [0.2, 0.25) is 0 Å². The van der Waals surface area contributed by atoms with Crippen LogP contribution in [-0.2, 0) is 9.84 Å². The highest BCUT2D eigenvalue weighted by atomic mass is 32.2. The number of allylic oxidation sites excluding steroid dienone is 1. The molecule has 2 aromatic rings. The Kier molecular flexibility index (Phi) is 5.81. The highest BCUT2D eigenvalue weighted by molar-refractivity contribution is 7.90. The van der Waals surface area contributed by atoms with Gasteiger partial charge in [0.15, 0.2) is 15.5 Å². The molecule has 0 aromatic heterocycles. The molecule has 0 saturated heterocycles. The Morgan fingerprint density at radius 1 is 1.04 bits per heavy atom. The minimum atomic E-state index is -4.71. The lowest BCUT2D eigenvalue weighted by Gasteiger charge is -2.08. The molecule has 0 aliphatic carbocycles. The molecular weight excluding hydrogens is 372 g/mol. The average molecular weight is 386 g/mol. The second-order valence-corrected chi connectivity index (χ2v) is 7.30. The molecule has 0 heterocycles. The van der Waals surface area contributed by atoms with Gasteiger partial charge in [0.25, 0.3) is 0 Å². The Hall–Kier alpha value is -2.68. The summed E-state index contributed by atoms with van der Waals surface area (Å²) in [5.74, 6) is -0.494. The third-order valence-electron chi connectivity index (χ3n) is 3.18. The van der Waals surface area contributed by atoms with Gasteiger partial charge in [0, 0.05) is 6.26 Å². The molecule has 0 amide bonds. The maximum atomic E-state index is 13.0. The van der Waals surface area contributed by atoms with Crippen molar-refractivity contribution >= 4 is 27.3 Å². The van der Waals surface area contributed by atoms with E-state index in [-0.39, 0.29) is 10.6 Å². The van der Waals surface area contributed by atoms with E-state index < -0.39 is 27.5 Å². The minimum Gasteiger partial charge on any atom is -0.278 e. The maximum Gasteiger partial charge on any atom is 0.435 e. The van der Waals surface area contributed by atoms with Crippen molar-refractivity contribution in [1.82, 2.24) is 0 Å². The van der Waals surface area contributed by atoms with Crippen LogP contribution < -0.4 is 5.43 Å². The summed E-state index contributed by atoms with van der Waals surface area (Å²) in [5, 5.41) is 3.32. The summed E-state index contributed by atoms with van der Waals surface area (Å²) >= 11 is 0. The third kappa shape index (κ3) is 5.69. The van der Waals surface area contributed by atoms with Gasteiger partial charge in [-0.05, 0) is 48.0 Å². The largest absolute Gasteiger partial charge is 0.435 e. The molecule has 9 heteroatoms. The van der Waals surface area contributed by atoms with E-state index in [1.165, 1.54) is 36.4 Å². The molecule has 0 aliphatic heterocycles. The van der Waals surface area contributed by atoms with E-state index in [4.69, 9.17) is 0 Å². The zero-order valence-corrected chi connectivity index (χ0v) is 14.3. The molecular formula is C17H14F4N2O2S. The average Bonchev–Trinajstić information content (AvgIpc) is 2.55. The first kappa shape index (κ1) is 19.6. The molecule has 0 radical (unpaired) electrons. The van der Waals surface area contributed by atoms with Crippen molar-refractivity contribution in [2.24, 2.45) is 5.10 Å². The maximum absolute atomic E-state index is 13.0. The molecule has 4 nitrogen and oxygen atoms in total. The first-order valence-corrected chi connectivity index (χ1v) is 9.09. The number of hydrazone groups is 1. The molecule has 138 valence electrons. The fraction of sp³-hybridized carbons (Fsp3) is 0.118. The fourth-order valence-corrected chi connectivity index (χ4v) is 2.48. The van der Waals surface area contributed by atoms with Gasteiger partial charge in [-0.3, -0.25) is 5.43 Å². The number of hydrogen-bond donors (Lipinski definition) is 1. The number of anilines is 1. The Bertz CT molecular complexity index is 917. The standard InChI is InChI=1S/C17H14F4N2O2S/c1-26(24,25)15-9-7-14(8-10-15)22-23-16(17(19,20)21)11-4-12-2-5-13(18)6-3-12/h2-11,22H,1H3/b11-4+,23-16+. The Morgan fingerprint density at radius 3 is 2.12 bits per heavy atom. The predicted octanol–water partition coefficient (Wildman–Crippen LogP) is 4.27. The van der Waals surface area contributed by atoms with Crippen LogP contribution in [0.15, 0.2) is 64.6 Å². The summed E-state index contributed by atoms with van der Waals surface area (Å²) in [6.07, 6.45) is -1.78. The molecule has 0 saturated carbocycles. The number of sulfone groups is 1. The van der Waals surface area contributed by atoms with Gasteiger partial charge < -0.3 is 0 Å². The van der Waals surface area contributed by atoms with Crippen molar-refractivity contribution in [3.05, 3.63) is 66.0 Å². The summed E-state index contributed by atoms with van der Waals surface area (Å²) < 4.78 is 74.7. The summed E-state index contributed by atoms with van der Waals surface area (Å²) in [4.78, 5) is 0.0410. The van der Waals surface area contributed by atoms with Crippen molar-refractivity contribution in [3.63, 3.8) is 0 Å².